The first-order valence-electron chi connectivity index (χ1n) is 9.48. The third kappa shape index (κ3) is 6.93. The topological polar surface area (TPSA) is 95.3 Å². The Labute approximate surface area is 191 Å². The lowest BCUT2D eigenvalue weighted by molar-refractivity contribution is -0.134. The number of carbonyl (C=O) groups is 1. The van der Waals surface area contributed by atoms with Crippen LogP contribution in [0.4, 0.5) is 0 Å². The fourth-order valence-electron chi connectivity index (χ4n) is 2.86. The predicted molar refractivity (Wildman–Crippen MR) is 118 cm³/mol. The average Bonchev–Trinajstić information content (AvgIpc) is 3.25. The first-order chi connectivity index (χ1) is 15.2. The van der Waals surface area contributed by atoms with Crippen LogP contribution in [0.2, 0.25) is 5.02 Å². The van der Waals surface area contributed by atoms with Gasteiger partial charge in [0.2, 0.25) is 0 Å². The van der Waals surface area contributed by atoms with Crippen LogP contribution in [0.25, 0.3) is 0 Å². The molecule has 2 aromatic carbocycles. The van der Waals surface area contributed by atoms with Crippen LogP contribution in [-0.2, 0) is 28.0 Å². The molecule has 0 radical (unpaired) electrons. The molecule has 0 saturated heterocycles. The summed E-state index contributed by atoms with van der Waals surface area (Å²) < 4.78 is 44.3. The summed E-state index contributed by atoms with van der Waals surface area (Å²) in [6, 6.07) is 15.0. The van der Waals surface area contributed by atoms with Gasteiger partial charge >= 0.3 is 10.1 Å². The summed E-state index contributed by atoms with van der Waals surface area (Å²) in [5.74, 6) is 1.10. The summed E-state index contributed by atoms with van der Waals surface area (Å²) in [5, 5.41) is 0.565. The molecule has 1 heterocycles. The van der Waals surface area contributed by atoms with Crippen molar-refractivity contribution in [3.63, 3.8) is 0 Å². The lowest BCUT2D eigenvalue weighted by Crippen LogP contribution is -2.34. The molecule has 0 aliphatic rings. The van der Waals surface area contributed by atoms with E-state index < -0.39 is 10.1 Å². The van der Waals surface area contributed by atoms with Crippen molar-refractivity contribution in [2.45, 2.75) is 13.1 Å². The van der Waals surface area contributed by atoms with Crippen molar-refractivity contribution in [3.05, 3.63) is 77.2 Å². The van der Waals surface area contributed by atoms with E-state index in [1.165, 1.54) is 24.3 Å². The second-order valence-corrected chi connectivity index (χ2v) is 8.86. The lowest BCUT2D eigenvalue weighted by atomic mass is 10.2. The first kappa shape index (κ1) is 23.5. The van der Waals surface area contributed by atoms with Crippen LogP contribution in [0, 0.1) is 0 Å². The van der Waals surface area contributed by atoms with E-state index in [-0.39, 0.29) is 37.1 Å². The number of carbonyl (C=O) groups excluding carboxylic acids is 1. The molecule has 0 spiro atoms. The summed E-state index contributed by atoms with van der Waals surface area (Å²) in [4.78, 5) is 14.5. The largest absolute Gasteiger partial charge is 0.493 e. The van der Waals surface area contributed by atoms with Crippen LogP contribution in [-0.4, -0.2) is 39.2 Å². The van der Waals surface area contributed by atoms with Gasteiger partial charge in [0.1, 0.15) is 11.5 Å². The molecular formula is C22H22ClNO7S. The van der Waals surface area contributed by atoms with Gasteiger partial charge in [0.15, 0.2) is 18.1 Å². The Morgan fingerprint density at radius 3 is 2.44 bits per heavy atom. The molecule has 170 valence electrons. The maximum atomic E-state index is 12.9. The quantitative estimate of drug-likeness (QED) is 0.407. The van der Waals surface area contributed by atoms with Gasteiger partial charge in [0, 0.05) is 11.6 Å². The molecule has 3 aromatic rings. The molecule has 0 fully saturated rings. The van der Waals surface area contributed by atoms with Crippen molar-refractivity contribution >= 4 is 27.6 Å². The Morgan fingerprint density at radius 1 is 1.06 bits per heavy atom. The van der Waals surface area contributed by atoms with Gasteiger partial charge in [-0.3, -0.25) is 4.79 Å². The highest BCUT2D eigenvalue weighted by molar-refractivity contribution is 7.86. The second kappa shape index (κ2) is 10.4. The molecule has 0 bridgehead atoms. The molecule has 0 aliphatic heterocycles. The van der Waals surface area contributed by atoms with Crippen molar-refractivity contribution in [2.24, 2.45) is 0 Å². The standard InChI is InChI=1S/C22H22ClNO7S/c1-28-20-10-5-16(12-21(20)31-32(2,26)27)13-24(14-19-4-3-11-29-19)22(25)15-30-18-8-6-17(23)7-9-18/h3-12H,13-15H2,1-2H3. The monoisotopic (exact) mass is 479 g/mol. The highest BCUT2D eigenvalue weighted by atomic mass is 35.5. The number of rotatable bonds is 10. The first-order valence-corrected chi connectivity index (χ1v) is 11.7. The Bertz CT molecular complexity index is 1150. The Morgan fingerprint density at radius 2 is 1.81 bits per heavy atom. The average molecular weight is 480 g/mol. The van der Waals surface area contributed by atoms with Crippen molar-refractivity contribution in [1.29, 1.82) is 0 Å². The maximum Gasteiger partial charge on any atom is 0.306 e. The van der Waals surface area contributed by atoms with Gasteiger partial charge in [-0.05, 0) is 54.1 Å². The summed E-state index contributed by atoms with van der Waals surface area (Å²) in [6.45, 7) is 0.156. The zero-order valence-corrected chi connectivity index (χ0v) is 19.1. The van der Waals surface area contributed by atoms with E-state index in [1.54, 1.807) is 48.5 Å². The van der Waals surface area contributed by atoms with Crippen LogP contribution >= 0.6 is 11.6 Å². The number of furan rings is 1. The van der Waals surface area contributed by atoms with E-state index in [9.17, 15) is 13.2 Å². The van der Waals surface area contributed by atoms with Gasteiger partial charge < -0.3 is 23.0 Å². The molecule has 0 N–H and O–H groups in total. The normalized spacial score (nSPS) is 11.1. The fraction of sp³-hybridized carbons (Fsp3) is 0.227. The number of hydrogen-bond donors (Lipinski definition) is 0. The van der Waals surface area contributed by atoms with Crippen molar-refractivity contribution < 1.29 is 31.3 Å². The summed E-state index contributed by atoms with van der Waals surface area (Å²) in [7, 11) is -2.35. The second-order valence-electron chi connectivity index (χ2n) is 6.84. The van der Waals surface area contributed by atoms with Crippen LogP contribution in [0.3, 0.4) is 0 Å². The van der Waals surface area contributed by atoms with Crippen molar-refractivity contribution in [1.82, 2.24) is 4.90 Å². The number of methoxy groups -OCH3 is 1. The smallest absolute Gasteiger partial charge is 0.306 e. The number of nitrogens with zero attached hydrogens (tertiary/aromatic N) is 1. The summed E-state index contributed by atoms with van der Waals surface area (Å²) >= 11 is 5.87. The van der Waals surface area contributed by atoms with Crippen molar-refractivity contribution in [3.8, 4) is 17.2 Å². The summed E-state index contributed by atoms with van der Waals surface area (Å²) in [5.41, 5.74) is 0.635. The van der Waals surface area contributed by atoms with E-state index >= 15 is 0 Å². The number of ether oxygens (including phenoxy) is 2. The molecule has 1 amide bonds. The van der Waals surface area contributed by atoms with E-state index in [1.807, 2.05) is 0 Å². The van der Waals surface area contributed by atoms with Gasteiger partial charge in [-0.1, -0.05) is 17.7 Å². The molecule has 1 aromatic heterocycles. The maximum absolute atomic E-state index is 12.9. The molecule has 0 atom stereocenters. The fourth-order valence-corrected chi connectivity index (χ4v) is 3.44. The van der Waals surface area contributed by atoms with Gasteiger partial charge in [-0.15, -0.1) is 0 Å². The van der Waals surface area contributed by atoms with Crippen molar-refractivity contribution in [2.75, 3.05) is 20.0 Å². The number of hydrogen-bond acceptors (Lipinski definition) is 7. The van der Waals surface area contributed by atoms with Gasteiger partial charge in [-0.2, -0.15) is 8.42 Å². The van der Waals surface area contributed by atoms with E-state index in [4.69, 9.17) is 29.7 Å². The molecule has 0 aliphatic carbocycles. The minimum absolute atomic E-state index is 0.0373. The molecular weight excluding hydrogens is 458 g/mol. The third-order valence-corrected chi connectivity index (χ3v) is 5.03. The molecule has 8 nitrogen and oxygen atoms in total. The Hall–Kier alpha value is -3.17. The Balaban J connectivity index is 1.78. The molecule has 32 heavy (non-hydrogen) atoms. The minimum Gasteiger partial charge on any atom is -0.493 e. The van der Waals surface area contributed by atoms with Crippen LogP contribution in [0.15, 0.2) is 65.3 Å². The van der Waals surface area contributed by atoms with Crippen LogP contribution < -0.4 is 13.7 Å². The van der Waals surface area contributed by atoms with Crippen LogP contribution in [0.5, 0.6) is 17.2 Å². The van der Waals surface area contributed by atoms with Crippen LogP contribution in [0.1, 0.15) is 11.3 Å². The highest BCUT2D eigenvalue weighted by Crippen LogP contribution is 2.30. The van der Waals surface area contributed by atoms with Gasteiger partial charge in [0.05, 0.1) is 26.2 Å². The third-order valence-electron chi connectivity index (χ3n) is 4.30. The lowest BCUT2D eigenvalue weighted by Gasteiger charge is -2.22. The van der Waals surface area contributed by atoms with E-state index in [0.717, 1.165) is 6.26 Å². The number of amides is 1. The predicted octanol–water partition coefficient (Wildman–Crippen LogP) is 3.89. The zero-order valence-electron chi connectivity index (χ0n) is 17.5. The minimum atomic E-state index is -3.76. The summed E-state index contributed by atoms with van der Waals surface area (Å²) in [6.07, 6.45) is 2.47. The van der Waals surface area contributed by atoms with E-state index in [2.05, 4.69) is 0 Å². The Kier molecular flexibility index (Phi) is 7.66. The van der Waals surface area contributed by atoms with Gasteiger partial charge in [-0.25, -0.2) is 0 Å². The number of benzene rings is 2. The van der Waals surface area contributed by atoms with Gasteiger partial charge in [0.25, 0.3) is 5.91 Å². The molecule has 0 saturated carbocycles. The highest BCUT2D eigenvalue weighted by Gasteiger charge is 2.19. The SMILES string of the molecule is COc1ccc(CN(Cc2ccco2)C(=O)COc2ccc(Cl)cc2)cc1OS(C)(=O)=O. The molecule has 10 heteroatoms. The zero-order chi connectivity index (χ0) is 23.1. The molecule has 0 unspecified atom stereocenters. The van der Waals surface area contributed by atoms with E-state index in [0.29, 0.717) is 22.1 Å². The number of halogens is 1. The molecule has 3 rings (SSSR count).